The molecule has 166 valence electrons. The Morgan fingerprint density at radius 1 is 1.06 bits per heavy atom. The molecule has 7 nitrogen and oxygen atoms in total. The molecule has 0 aliphatic carbocycles. The smallest absolute Gasteiger partial charge is 0.318 e. The second kappa shape index (κ2) is 9.36. The molecule has 3 aromatic rings. The molecule has 1 aliphatic rings. The Kier molecular flexibility index (Phi) is 6.37. The minimum absolute atomic E-state index is 0.0635. The lowest BCUT2D eigenvalue weighted by Gasteiger charge is -2.39. The first-order valence-corrected chi connectivity index (χ1v) is 10.9. The van der Waals surface area contributed by atoms with Crippen molar-refractivity contribution in [1.82, 2.24) is 19.6 Å². The molecule has 0 spiro atoms. The van der Waals surface area contributed by atoms with Gasteiger partial charge in [-0.25, -0.2) is 4.79 Å². The summed E-state index contributed by atoms with van der Waals surface area (Å²) in [4.78, 5) is 28.3. The second-order valence-electron chi connectivity index (χ2n) is 8.39. The zero-order valence-electron chi connectivity index (χ0n) is 18.8. The highest BCUT2D eigenvalue weighted by Crippen LogP contribution is 2.24. The normalized spacial score (nSPS) is 16.7. The van der Waals surface area contributed by atoms with Gasteiger partial charge in [-0.05, 0) is 36.1 Å². The van der Waals surface area contributed by atoms with Crippen molar-refractivity contribution in [2.24, 2.45) is 0 Å². The van der Waals surface area contributed by atoms with Gasteiger partial charge < -0.3 is 10.2 Å². The van der Waals surface area contributed by atoms with E-state index in [1.807, 2.05) is 11.0 Å². The number of carbonyl (C=O) groups is 2. The molecule has 32 heavy (non-hydrogen) atoms. The molecule has 1 saturated heterocycles. The van der Waals surface area contributed by atoms with Crippen LogP contribution < -0.4 is 5.32 Å². The lowest BCUT2D eigenvalue weighted by Crippen LogP contribution is -2.54. The summed E-state index contributed by atoms with van der Waals surface area (Å²) in [5.74, 6) is 0.170. The standard InChI is InChI=1S/C25H29N5O2/c1-18-15-22(21-7-5-4-6-8-21)9-10-23(18)17-28-13-14-29(19(2)16-28)25(32)30-12-11-24(27-30)26-20(3)31/h4-12,15,19H,13-14,16-17H2,1-3H3,(H,26,27,31)/t19-/m1/s1. The SMILES string of the molecule is CC(=O)Nc1ccn(C(=O)N2CCN(Cc3ccc(-c4ccccc4)cc3C)C[C@H]2C)n1. The maximum atomic E-state index is 12.9. The van der Waals surface area contributed by atoms with E-state index in [-0.39, 0.29) is 18.0 Å². The van der Waals surface area contributed by atoms with Crippen molar-refractivity contribution in [3.63, 3.8) is 0 Å². The summed E-state index contributed by atoms with van der Waals surface area (Å²) in [6.45, 7) is 8.74. The fourth-order valence-electron chi connectivity index (χ4n) is 4.19. The van der Waals surface area contributed by atoms with Crippen LogP contribution in [0.25, 0.3) is 11.1 Å². The van der Waals surface area contributed by atoms with E-state index >= 15 is 0 Å². The van der Waals surface area contributed by atoms with Crippen LogP contribution in [0.4, 0.5) is 10.6 Å². The largest absolute Gasteiger partial charge is 0.345 e. The number of benzene rings is 2. The van der Waals surface area contributed by atoms with Crippen molar-refractivity contribution in [3.05, 3.63) is 71.9 Å². The molecular weight excluding hydrogens is 402 g/mol. The van der Waals surface area contributed by atoms with E-state index in [1.165, 1.54) is 33.9 Å². The first-order chi connectivity index (χ1) is 15.4. The van der Waals surface area contributed by atoms with Crippen LogP contribution in [0.2, 0.25) is 0 Å². The van der Waals surface area contributed by atoms with Crippen molar-refractivity contribution in [2.45, 2.75) is 33.4 Å². The number of anilines is 1. The van der Waals surface area contributed by atoms with Crippen LogP contribution in [0.3, 0.4) is 0 Å². The number of aromatic nitrogens is 2. The summed E-state index contributed by atoms with van der Waals surface area (Å²) in [6.07, 6.45) is 1.59. The summed E-state index contributed by atoms with van der Waals surface area (Å²) in [5, 5.41) is 6.77. The van der Waals surface area contributed by atoms with Gasteiger partial charge in [-0.15, -0.1) is 5.10 Å². The maximum Gasteiger partial charge on any atom is 0.345 e. The zero-order valence-corrected chi connectivity index (χ0v) is 18.8. The van der Waals surface area contributed by atoms with Crippen LogP contribution in [-0.2, 0) is 11.3 Å². The molecule has 7 heteroatoms. The number of hydrogen-bond donors (Lipinski definition) is 1. The predicted molar refractivity (Wildman–Crippen MR) is 125 cm³/mol. The molecule has 4 rings (SSSR count). The van der Waals surface area contributed by atoms with Gasteiger partial charge >= 0.3 is 6.03 Å². The molecular formula is C25H29N5O2. The van der Waals surface area contributed by atoms with Crippen LogP contribution in [0, 0.1) is 6.92 Å². The number of amides is 2. The number of aryl methyl sites for hydroxylation is 1. The Bertz CT molecular complexity index is 1110. The predicted octanol–water partition coefficient (Wildman–Crippen LogP) is 3.99. The van der Waals surface area contributed by atoms with Crippen molar-refractivity contribution >= 4 is 17.8 Å². The van der Waals surface area contributed by atoms with Gasteiger partial charge in [0.1, 0.15) is 0 Å². The van der Waals surface area contributed by atoms with E-state index < -0.39 is 0 Å². The maximum absolute atomic E-state index is 12.9. The Morgan fingerprint density at radius 3 is 2.53 bits per heavy atom. The van der Waals surface area contributed by atoms with E-state index in [4.69, 9.17) is 0 Å². The number of piperazine rings is 1. The van der Waals surface area contributed by atoms with Crippen molar-refractivity contribution < 1.29 is 9.59 Å². The molecule has 0 saturated carbocycles. The van der Waals surface area contributed by atoms with E-state index in [1.54, 1.807) is 12.3 Å². The van der Waals surface area contributed by atoms with Gasteiger partial charge in [-0.2, -0.15) is 4.68 Å². The fourth-order valence-corrected chi connectivity index (χ4v) is 4.19. The first-order valence-electron chi connectivity index (χ1n) is 10.9. The third-order valence-corrected chi connectivity index (χ3v) is 5.89. The van der Waals surface area contributed by atoms with Crippen LogP contribution in [0.1, 0.15) is 25.0 Å². The van der Waals surface area contributed by atoms with Crippen molar-refractivity contribution in [2.75, 3.05) is 25.0 Å². The molecule has 1 fully saturated rings. The van der Waals surface area contributed by atoms with Gasteiger partial charge in [0, 0.05) is 51.4 Å². The number of carbonyl (C=O) groups excluding carboxylic acids is 2. The van der Waals surface area contributed by atoms with Gasteiger partial charge in [-0.3, -0.25) is 9.69 Å². The average molecular weight is 432 g/mol. The van der Waals surface area contributed by atoms with Gasteiger partial charge in [-0.1, -0.05) is 48.5 Å². The zero-order chi connectivity index (χ0) is 22.7. The number of hydrogen-bond acceptors (Lipinski definition) is 4. The lowest BCUT2D eigenvalue weighted by atomic mass is 9.99. The highest BCUT2D eigenvalue weighted by Gasteiger charge is 2.29. The first kappa shape index (κ1) is 21.8. The molecule has 1 N–H and O–H groups in total. The van der Waals surface area contributed by atoms with E-state index in [0.29, 0.717) is 12.4 Å². The minimum Gasteiger partial charge on any atom is -0.318 e. The van der Waals surface area contributed by atoms with Gasteiger partial charge in [0.05, 0.1) is 0 Å². The van der Waals surface area contributed by atoms with E-state index in [0.717, 1.165) is 19.6 Å². The summed E-state index contributed by atoms with van der Waals surface area (Å²) in [6, 6.07) is 18.6. The molecule has 0 radical (unpaired) electrons. The molecule has 0 bridgehead atoms. The third kappa shape index (κ3) is 4.89. The summed E-state index contributed by atoms with van der Waals surface area (Å²) < 4.78 is 1.30. The molecule has 1 aromatic heterocycles. The summed E-state index contributed by atoms with van der Waals surface area (Å²) >= 11 is 0. The third-order valence-electron chi connectivity index (χ3n) is 5.89. The fraction of sp³-hybridized carbons (Fsp3) is 0.320. The van der Waals surface area contributed by atoms with Gasteiger partial charge in [0.2, 0.25) is 5.91 Å². The Balaban J connectivity index is 1.38. The minimum atomic E-state index is -0.211. The van der Waals surface area contributed by atoms with Crippen LogP contribution in [0.15, 0.2) is 60.8 Å². The molecule has 2 heterocycles. The quantitative estimate of drug-likeness (QED) is 0.678. The van der Waals surface area contributed by atoms with Gasteiger partial charge in [0.15, 0.2) is 5.82 Å². The van der Waals surface area contributed by atoms with Crippen LogP contribution in [-0.4, -0.2) is 57.2 Å². The van der Waals surface area contributed by atoms with E-state index in [9.17, 15) is 9.59 Å². The van der Waals surface area contributed by atoms with Crippen molar-refractivity contribution in [1.29, 1.82) is 0 Å². The Morgan fingerprint density at radius 2 is 1.84 bits per heavy atom. The average Bonchev–Trinajstić information content (AvgIpc) is 3.23. The van der Waals surface area contributed by atoms with Gasteiger partial charge in [0.25, 0.3) is 0 Å². The molecule has 2 amide bonds. The number of nitrogens with zero attached hydrogens (tertiary/aromatic N) is 4. The molecule has 0 unspecified atom stereocenters. The Labute approximate surface area is 188 Å². The van der Waals surface area contributed by atoms with Crippen LogP contribution in [0.5, 0.6) is 0 Å². The number of nitrogens with one attached hydrogen (secondary N) is 1. The Hall–Kier alpha value is -3.45. The summed E-state index contributed by atoms with van der Waals surface area (Å²) in [5.41, 5.74) is 5.04. The second-order valence-corrected chi connectivity index (χ2v) is 8.39. The molecule has 2 aromatic carbocycles. The lowest BCUT2D eigenvalue weighted by molar-refractivity contribution is -0.114. The van der Waals surface area contributed by atoms with E-state index in [2.05, 4.69) is 71.6 Å². The summed E-state index contributed by atoms with van der Waals surface area (Å²) in [7, 11) is 0. The molecule has 1 atom stereocenters. The van der Waals surface area contributed by atoms with Crippen molar-refractivity contribution in [3.8, 4) is 11.1 Å². The molecule has 1 aliphatic heterocycles. The highest BCUT2D eigenvalue weighted by molar-refractivity contribution is 5.88. The highest BCUT2D eigenvalue weighted by atomic mass is 16.2. The number of rotatable bonds is 4. The van der Waals surface area contributed by atoms with Crippen LogP contribution >= 0.6 is 0 Å². The monoisotopic (exact) mass is 431 g/mol. The topological polar surface area (TPSA) is 70.5 Å².